The van der Waals surface area contributed by atoms with Crippen molar-refractivity contribution >= 4 is 22.4 Å². The molecule has 4 nitrogen and oxygen atoms in total. The van der Waals surface area contributed by atoms with Gasteiger partial charge in [-0.15, -0.1) is 0 Å². The molecule has 32 heavy (non-hydrogen) atoms. The number of carbonyl (C=O) groups excluding carboxylic acids is 1. The van der Waals surface area contributed by atoms with Gasteiger partial charge >= 0.3 is 0 Å². The summed E-state index contributed by atoms with van der Waals surface area (Å²) in [6.45, 7) is 3.99. The monoisotopic (exact) mass is 429 g/mol. The number of aryl methyl sites for hydroxylation is 1. The van der Waals surface area contributed by atoms with Crippen LogP contribution in [0.1, 0.15) is 47.2 Å². The Morgan fingerprint density at radius 3 is 2.59 bits per heavy atom. The Bertz CT molecular complexity index is 1210. The fourth-order valence-electron chi connectivity index (χ4n) is 5.60. The number of piperazine rings is 1. The van der Waals surface area contributed by atoms with Crippen molar-refractivity contribution in [1.29, 1.82) is 0 Å². The highest BCUT2D eigenvalue weighted by Crippen LogP contribution is 2.48. The van der Waals surface area contributed by atoms with Crippen molar-refractivity contribution in [3.63, 3.8) is 0 Å². The lowest BCUT2D eigenvalue weighted by atomic mass is 9.96. The molecule has 6 rings (SSSR count). The maximum Gasteiger partial charge on any atom is 0.252 e. The molecule has 164 valence electrons. The zero-order chi connectivity index (χ0) is 21.9. The van der Waals surface area contributed by atoms with Gasteiger partial charge in [0.2, 0.25) is 0 Å². The minimum absolute atomic E-state index is 0.0286. The van der Waals surface area contributed by atoms with E-state index in [4.69, 9.17) is 0 Å². The quantitative estimate of drug-likeness (QED) is 0.635. The predicted molar refractivity (Wildman–Crippen MR) is 126 cm³/mol. The number of nitrogens with zero attached hydrogens (tertiary/aromatic N) is 1. The van der Waals surface area contributed by atoms with Crippen LogP contribution in [0.3, 0.4) is 0 Å². The normalized spacial score (nSPS) is 23.4. The van der Waals surface area contributed by atoms with Gasteiger partial charge < -0.3 is 15.5 Å². The Morgan fingerprint density at radius 2 is 1.84 bits per heavy atom. The van der Waals surface area contributed by atoms with Crippen molar-refractivity contribution in [3.8, 4) is 0 Å². The predicted octanol–water partition coefficient (Wildman–Crippen LogP) is 4.65. The highest BCUT2D eigenvalue weighted by atomic mass is 19.1. The average molecular weight is 430 g/mol. The first kappa shape index (κ1) is 19.7. The molecule has 2 bridgehead atoms. The van der Waals surface area contributed by atoms with Gasteiger partial charge in [-0.05, 0) is 78.8 Å². The molecule has 2 unspecified atom stereocenters. The second-order valence-corrected chi connectivity index (χ2v) is 9.75. The number of amides is 1. The molecule has 2 heterocycles. The third-order valence-corrected chi connectivity index (χ3v) is 7.51. The van der Waals surface area contributed by atoms with E-state index in [-0.39, 0.29) is 17.3 Å². The molecule has 3 aliphatic rings. The van der Waals surface area contributed by atoms with E-state index in [0.29, 0.717) is 12.1 Å². The highest BCUT2D eigenvalue weighted by molar-refractivity contribution is 5.98. The summed E-state index contributed by atoms with van der Waals surface area (Å²) in [6.07, 6.45) is 4.26. The minimum Gasteiger partial charge on any atom is -0.368 e. The number of hydrogen-bond donors (Lipinski definition) is 2. The van der Waals surface area contributed by atoms with Crippen LogP contribution in [0.2, 0.25) is 0 Å². The number of hydrogen-bond acceptors (Lipinski definition) is 3. The summed E-state index contributed by atoms with van der Waals surface area (Å²) in [5.74, 6) is -0.267. The number of fused-ring (bicyclic) bond motifs is 3. The first-order chi connectivity index (χ1) is 15.5. The number of rotatable bonds is 4. The third-order valence-electron chi connectivity index (χ3n) is 7.51. The number of benzene rings is 3. The summed E-state index contributed by atoms with van der Waals surface area (Å²) in [5, 5.41) is 8.89. The van der Waals surface area contributed by atoms with E-state index in [9.17, 15) is 9.18 Å². The Balaban J connectivity index is 1.29. The largest absolute Gasteiger partial charge is 0.368 e. The average Bonchev–Trinajstić information content (AvgIpc) is 3.49. The molecule has 2 atom stereocenters. The molecular formula is C27H28FN3O. The van der Waals surface area contributed by atoms with Crippen LogP contribution in [0.5, 0.6) is 0 Å². The van der Waals surface area contributed by atoms with Crippen LogP contribution in [0.25, 0.3) is 10.8 Å². The molecule has 0 aromatic heterocycles. The van der Waals surface area contributed by atoms with Gasteiger partial charge in [0.15, 0.2) is 0 Å². The van der Waals surface area contributed by atoms with Crippen LogP contribution < -0.4 is 15.5 Å². The van der Waals surface area contributed by atoms with Gasteiger partial charge in [0.25, 0.3) is 5.91 Å². The third kappa shape index (κ3) is 3.36. The fraction of sp³-hybridized carbons (Fsp3) is 0.370. The molecule has 2 saturated heterocycles. The second-order valence-electron chi connectivity index (χ2n) is 9.75. The standard InChI is InChI=1S/C27H28FN3O/c1-17-5-9-22(31-15-20-7-8-21(16-31)29-20)14-24(17)26(32)30-27(11-12-27)25-4-2-3-18-13-19(28)6-10-23(18)25/h2-6,9-10,13-14,20-21,29H,7-8,11-12,15-16H2,1H3,(H,30,32). The maximum atomic E-state index is 13.7. The van der Waals surface area contributed by atoms with E-state index in [1.807, 2.05) is 25.1 Å². The van der Waals surface area contributed by atoms with Crippen molar-refractivity contribution in [3.05, 3.63) is 77.1 Å². The Labute approximate surface area is 187 Å². The molecule has 1 saturated carbocycles. The number of anilines is 1. The Morgan fingerprint density at radius 1 is 1.06 bits per heavy atom. The van der Waals surface area contributed by atoms with Crippen LogP contribution in [-0.2, 0) is 5.54 Å². The molecule has 3 fully saturated rings. The zero-order valence-electron chi connectivity index (χ0n) is 18.3. The molecule has 1 amide bonds. The summed E-state index contributed by atoms with van der Waals surface area (Å²) in [6, 6.07) is 18.2. The first-order valence-electron chi connectivity index (χ1n) is 11.6. The lowest BCUT2D eigenvalue weighted by molar-refractivity contribution is 0.0930. The van der Waals surface area contributed by atoms with E-state index in [1.165, 1.54) is 18.9 Å². The zero-order valence-corrected chi connectivity index (χ0v) is 18.3. The van der Waals surface area contributed by atoms with Crippen molar-refractivity contribution in [2.75, 3.05) is 18.0 Å². The molecule has 3 aromatic rings. The molecule has 0 spiro atoms. The Kier molecular flexibility index (Phi) is 4.51. The lowest BCUT2D eigenvalue weighted by Gasteiger charge is -2.35. The molecule has 1 aliphatic carbocycles. The first-order valence-corrected chi connectivity index (χ1v) is 11.6. The topological polar surface area (TPSA) is 44.4 Å². The highest BCUT2D eigenvalue weighted by Gasteiger charge is 2.46. The van der Waals surface area contributed by atoms with Crippen molar-refractivity contribution in [2.24, 2.45) is 0 Å². The van der Waals surface area contributed by atoms with Crippen molar-refractivity contribution < 1.29 is 9.18 Å². The smallest absolute Gasteiger partial charge is 0.252 e. The van der Waals surface area contributed by atoms with Gasteiger partial charge in [0.05, 0.1) is 5.54 Å². The van der Waals surface area contributed by atoms with Crippen molar-refractivity contribution in [2.45, 2.75) is 50.2 Å². The van der Waals surface area contributed by atoms with Crippen LogP contribution >= 0.6 is 0 Å². The van der Waals surface area contributed by atoms with Crippen molar-refractivity contribution in [1.82, 2.24) is 10.6 Å². The molecule has 2 aliphatic heterocycles. The summed E-state index contributed by atoms with van der Waals surface area (Å²) in [4.78, 5) is 15.9. The molecule has 0 radical (unpaired) electrons. The van der Waals surface area contributed by atoms with Gasteiger partial charge in [-0.25, -0.2) is 4.39 Å². The van der Waals surface area contributed by atoms with Crippen LogP contribution in [0, 0.1) is 12.7 Å². The molecule has 3 aromatic carbocycles. The summed E-state index contributed by atoms with van der Waals surface area (Å²) in [7, 11) is 0. The lowest BCUT2D eigenvalue weighted by Crippen LogP contribution is -2.51. The van der Waals surface area contributed by atoms with E-state index in [2.05, 4.69) is 39.8 Å². The fourth-order valence-corrected chi connectivity index (χ4v) is 5.60. The second kappa shape index (κ2) is 7.31. The van der Waals surface area contributed by atoms with E-state index in [0.717, 1.165) is 59.1 Å². The van der Waals surface area contributed by atoms with Crippen LogP contribution in [0.4, 0.5) is 10.1 Å². The number of carbonyl (C=O) groups is 1. The van der Waals surface area contributed by atoms with E-state index >= 15 is 0 Å². The molecule has 5 heteroatoms. The minimum atomic E-state index is -0.370. The van der Waals surface area contributed by atoms with Gasteiger partial charge in [0.1, 0.15) is 5.82 Å². The number of nitrogens with one attached hydrogen (secondary N) is 2. The summed E-state index contributed by atoms with van der Waals surface area (Å²) < 4.78 is 13.7. The van der Waals surface area contributed by atoms with Crippen LogP contribution in [0.15, 0.2) is 54.6 Å². The van der Waals surface area contributed by atoms with Gasteiger partial charge in [-0.2, -0.15) is 0 Å². The van der Waals surface area contributed by atoms with Gasteiger partial charge in [-0.1, -0.05) is 30.3 Å². The SMILES string of the molecule is Cc1ccc(N2CC3CCC(C2)N3)cc1C(=O)NC1(c2cccc3cc(F)ccc23)CC1. The van der Waals surface area contributed by atoms with Gasteiger partial charge in [0, 0.05) is 36.4 Å². The number of halogens is 1. The van der Waals surface area contributed by atoms with Gasteiger partial charge in [-0.3, -0.25) is 4.79 Å². The van der Waals surface area contributed by atoms with Crippen LogP contribution in [-0.4, -0.2) is 31.1 Å². The van der Waals surface area contributed by atoms with E-state index < -0.39 is 0 Å². The molecule has 2 N–H and O–H groups in total. The molecular weight excluding hydrogens is 401 g/mol. The van der Waals surface area contributed by atoms with E-state index in [1.54, 1.807) is 6.07 Å². The summed E-state index contributed by atoms with van der Waals surface area (Å²) in [5.41, 5.74) is 3.57. The maximum absolute atomic E-state index is 13.7. The summed E-state index contributed by atoms with van der Waals surface area (Å²) >= 11 is 0. The Hall–Kier alpha value is -2.92.